The Labute approximate surface area is 72.9 Å². The highest BCUT2D eigenvalue weighted by Gasteiger charge is 1.98. The Morgan fingerprint density at radius 2 is 2.00 bits per heavy atom. The summed E-state index contributed by atoms with van der Waals surface area (Å²) in [6.07, 6.45) is 0. The highest BCUT2D eigenvalue weighted by atomic mass is 79.9. The summed E-state index contributed by atoms with van der Waals surface area (Å²) in [6.45, 7) is 0. The summed E-state index contributed by atoms with van der Waals surface area (Å²) in [4.78, 5) is 11.2. The molecule has 0 aromatic heterocycles. The molecular weight excluding hydrogens is 208 g/mol. The Hall–Kier alpha value is -0.830. The lowest BCUT2D eigenvalue weighted by Crippen LogP contribution is -2.01. The van der Waals surface area contributed by atoms with Gasteiger partial charge in [-0.3, -0.25) is 4.79 Å². The minimum absolute atomic E-state index is 0.127. The zero-order valence-corrected chi connectivity index (χ0v) is 7.59. The van der Waals surface area contributed by atoms with E-state index >= 15 is 0 Å². The summed E-state index contributed by atoms with van der Waals surface area (Å²) >= 11 is 3.12. The molecule has 0 amide bonds. The predicted octanol–water partition coefficient (Wildman–Crippen LogP) is 1.82. The van der Waals surface area contributed by atoms with Crippen molar-refractivity contribution in [1.82, 2.24) is 0 Å². The first-order valence-electron chi connectivity index (χ1n) is 3.08. The fourth-order valence-corrected chi connectivity index (χ4v) is 1.06. The third-order valence-electron chi connectivity index (χ3n) is 1.26. The van der Waals surface area contributed by atoms with Crippen LogP contribution >= 0.6 is 15.9 Å². The fourth-order valence-electron chi connectivity index (χ4n) is 0.713. The average Bonchev–Trinajstić information content (AvgIpc) is 2.16. The summed E-state index contributed by atoms with van der Waals surface area (Å²) in [7, 11) is 1.48. The molecule has 58 valence electrons. The lowest BCUT2D eigenvalue weighted by molar-refractivity contribution is 0.411. The quantitative estimate of drug-likeness (QED) is 0.714. The van der Waals surface area contributed by atoms with Crippen molar-refractivity contribution >= 4 is 15.9 Å². The minimum atomic E-state index is -0.127. The van der Waals surface area contributed by atoms with Crippen molar-refractivity contribution in [3.05, 3.63) is 39.0 Å². The van der Waals surface area contributed by atoms with Gasteiger partial charge in [0.2, 0.25) is 5.43 Å². The van der Waals surface area contributed by atoms with Crippen molar-refractivity contribution in [2.45, 2.75) is 0 Å². The lowest BCUT2D eigenvalue weighted by atomic mass is 10.5. The second-order valence-corrected chi connectivity index (χ2v) is 2.82. The second-order valence-electron chi connectivity index (χ2n) is 1.96. The molecule has 0 saturated heterocycles. The monoisotopic (exact) mass is 214 g/mol. The first kappa shape index (κ1) is 8.27. The van der Waals surface area contributed by atoms with Gasteiger partial charge in [0.25, 0.3) is 0 Å². The van der Waals surface area contributed by atoms with E-state index < -0.39 is 0 Å². The molecule has 0 N–H and O–H groups in total. The van der Waals surface area contributed by atoms with Crippen LogP contribution in [0.2, 0.25) is 0 Å². The molecule has 0 heterocycles. The van der Waals surface area contributed by atoms with Crippen LogP contribution in [0.4, 0.5) is 0 Å². The fraction of sp³-hybridized carbons (Fsp3) is 0.125. The number of methoxy groups -OCH3 is 1. The number of halogens is 1. The van der Waals surface area contributed by atoms with Crippen molar-refractivity contribution in [2.24, 2.45) is 0 Å². The van der Waals surface area contributed by atoms with Gasteiger partial charge in [-0.05, 0) is 28.1 Å². The molecule has 1 aromatic rings. The zero-order valence-electron chi connectivity index (χ0n) is 6.00. The highest BCUT2D eigenvalue weighted by molar-refractivity contribution is 9.10. The van der Waals surface area contributed by atoms with Gasteiger partial charge in [0, 0.05) is 0 Å². The number of hydrogen-bond donors (Lipinski definition) is 0. The Bertz CT molecular complexity index is 309. The smallest absolute Gasteiger partial charge is 0.234 e. The molecule has 0 aliphatic carbocycles. The molecule has 0 aliphatic rings. The second kappa shape index (κ2) is 3.53. The third kappa shape index (κ3) is 1.80. The van der Waals surface area contributed by atoms with E-state index in [-0.39, 0.29) is 5.43 Å². The van der Waals surface area contributed by atoms with Gasteiger partial charge < -0.3 is 4.74 Å². The van der Waals surface area contributed by atoms with Crippen LogP contribution < -0.4 is 10.2 Å². The summed E-state index contributed by atoms with van der Waals surface area (Å²) in [5.41, 5.74) is -0.127. The van der Waals surface area contributed by atoms with E-state index in [9.17, 15) is 4.79 Å². The van der Waals surface area contributed by atoms with Gasteiger partial charge in [0.1, 0.15) is 0 Å². The first-order chi connectivity index (χ1) is 5.25. The molecule has 0 spiro atoms. The largest absolute Gasteiger partial charge is 0.493 e. The lowest BCUT2D eigenvalue weighted by Gasteiger charge is -1.91. The van der Waals surface area contributed by atoms with Crippen LogP contribution in [-0.2, 0) is 0 Å². The molecular formula is C8H7BrO2. The van der Waals surface area contributed by atoms with E-state index in [0.29, 0.717) is 10.2 Å². The van der Waals surface area contributed by atoms with Gasteiger partial charge >= 0.3 is 0 Å². The van der Waals surface area contributed by atoms with Crippen LogP contribution in [0.25, 0.3) is 0 Å². The van der Waals surface area contributed by atoms with Gasteiger partial charge in [-0.15, -0.1) is 0 Å². The third-order valence-corrected chi connectivity index (χ3v) is 1.89. The van der Waals surface area contributed by atoms with E-state index in [0.717, 1.165) is 0 Å². The van der Waals surface area contributed by atoms with Crippen LogP contribution in [0.15, 0.2) is 33.5 Å². The van der Waals surface area contributed by atoms with Crippen LogP contribution in [0.3, 0.4) is 0 Å². The molecule has 1 aromatic carbocycles. The summed E-state index contributed by atoms with van der Waals surface area (Å²) < 4.78 is 5.36. The highest BCUT2D eigenvalue weighted by Crippen LogP contribution is 2.06. The number of hydrogen-bond acceptors (Lipinski definition) is 2. The van der Waals surface area contributed by atoms with Crippen LogP contribution in [0.1, 0.15) is 0 Å². The summed E-state index contributed by atoms with van der Waals surface area (Å²) in [5.74, 6) is 0.349. The topological polar surface area (TPSA) is 26.3 Å². The molecule has 0 aliphatic heterocycles. The van der Waals surface area contributed by atoms with Crippen LogP contribution in [-0.4, -0.2) is 7.11 Å². The van der Waals surface area contributed by atoms with Gasteiger partial charge in [-0.1, -0.05) is 12.1 Å². The normalized spacial score (nSPS) is 9.27. The molecule has 0 saturated carbocycles. The molecule has 0 atom stereocenters. The zero-order chi connectivity index (χ0) is 8.27. The Morgan fingerprint density at radius 1 is 1.36 bits per heavy atom. The van der Waals surface area contributed by atoms with Gasteiger partial charge in [0.15, 0.2) is 5.75 Å². The molecule has 3 heteroatoms. The first-order valence-corrected chi connectivity index (χ1v) is 3.88. The molecule has 0 bridgehead atoms. The molecule has 1 rings (SSSR count). The average molecular weight is 215 g/mol. The molecule has 0 radical (unpaired) electrons. The van der Waals surface area contributed by atoms with E-state index in [1.165, 1.54) is 7.11 Å². The van der Waals surface area contributed by atoms with Crippen LogP contribution in [0.5, 0.6) is 5.75 Å². The van der Waals surface area contributed by atoms with Crippen molar-refractivity contribution in [2.75, 3.05) is 7.11 Å². The molecule has 2 nitrogen and oxygen atoms in total. The van der Waals surface area contributed by atoms with Crippen molar-refractivity contribution in [3.8, 4) is 5.75 Å². The Balaban J connectivity index is 3.42. The molecule has 11 heavy (non-hydrogen) atoms. The number of rotatable bonds is 1. The van der Waals surface area contributed by atoms with Crippen molar-refractivity contribution in [1.29, 1.82) is 0 Å². The summed E-state index contributed by atoms with van der Waals surface area (Å²) in [5, 5.41) is 0. The summed E-state index contributed by atoms with van der Waals surface area (Å²) in [6, 6.07) is 6.84. The van der Waals surface area contributed by atoms with Crippen molar-refractivity contribution < 1.29 is 4.74 Å². The van der Waals surface area contributed by atoms with Gasteiger partial charge in [0.05, 0.1) is 11.6 Å². The minimum Gasteiger partial charge on any atom is -0.493 e. The Kier molecular flexibility index (Phi) is 2.65. The predicted molar refractivity (Wildman–Crippen MR) is 47.0 cm³/mol. The van der Waals surface area contributed by atoms with E-state index in [2.05, 4.69) is 15.9 Å². The van der Waals surface area contributed by atoms with E-state index in [4.69, 9.17) is 4.74 Å². The molecule has 0 fully saturated rings. The van der Waals surface area contributed by atoms with E-state index in [1.807, 2.05) is 0 Å². The Morgan fingerprint density at radius 3 is 2.64 bits per heavy atom. The SMILES string of the molecule is COc1ccccc(Br)c1=O. The van der Waals surface area contributed by atoms with Gasteiger partial charge in [-0.2, -0.15) is 0 Å². The van der Waals surface area contributed by atoms with E-state index in [1.54, 1.807) is 24.3 Å². The maximum Gasteiger partial charge on any atom is 0.234 e. The molecule has 0 unspecified atom stereocenters. The standard InChI is InChI=1S/C8H7BrO2/c1-11-7-5-3-2-4-6(9)8(7)10/h2-5H,1H3. The number of ether oxygens (including phenoxy) is 1. The maximum atomic E-state index is 11.2. The van der Waals surface area contributed by atoms with Gasteiger partial charge in [-0.25, -0.2) is 0 Å². The maximum absolute atomic E-state index is 11.2. The van der Waals surface area contributed by atoms with Crippen LogP contribution in [0, 0.1) is 0 Å². The van der Waals surface area contributed by atoms with Crippen molar-refractivity contribution in [3.63, 3.8) is 0 Å².